The maximum absolute atomic E-state index is 11.6. The van der Waals surface area contributed by atoms with Gasteiger partial charge in [-0.25, -0.2) is 0 Å². The van der Waals surface area contributed by atoms with Crippen molar-refractivity contribution >= 4 is 11.9 Å². The predicted molar refractivity (Wildman–Crippen MR) is 63.0 cm³/mol. The standard InChI is InChI=1S/C12H23NO3/c1-8(9(2)11(15)16)10(14)13-7-6-12(3,4)5/h8-9H,6-7H2,1-5H3,(H,13,14)(H,15,16). The first-order chi connectivity index (χ1) is 7.15. The summed E-state index contributed by atoms with van der Waals surface area (Å²) < 4.78 is 0. The van der Waals surface area contributed by atoms with E-state index >= 15 is 0 Å². The first-order valence-electron chi connectivity index (χ1n) is 5.65. The summed E-state index contributed by atoms with van der Waals surface area (Å²) in [6.45, 7) is 10.1. The molecule has 0 bridgehead atoms. The lowest BCUT2D eigenvalue weighted by Gasteiger charge is -2.20. The first-order valence-corrected chi connectivity index (χ1v) is 5.65. The number of carboxylic acids is 1. The Balaban J connectivity index is 4.03. The molecule has 0 saturated heterocycles. The molecule has 1 amide bonds. The van der Waals surface area contributed by atoms with Crippen LogP contribution in [0.15, 0.2) is 0 Å². The number of carbonyl (C=O) groups excluding carboxylic acids is 1. The molecule has 0 aromatic carbocycles. The highest BCUT2D eigenvalue weighted by Gasteiger charge is 2.25. The molecule has 2 unspecified atom stereocenters. The lowest BCUT2D eigenvalue weighted by molar-refractivity contribution is -0.146. The van der Waals surface area contributed by atoms with Gasteiger partial charge in [-0.3, -0.25) is 9.59 Å². The molecule has 0 aromatic rings. The van der Waals surface area contributed by atoms with Crippen LogP contribution < -0.4 is 5.32 Å². The van der Waals surface area contributed by atoms with Crippen LogP contribution in [0, 0.1) is 17.3 Å². The third-order valence-electron chi connectivity index (χ3n) is 2.73. The van der Waals surface area contributed by atoms with E-state index in [4.69, 9.17) is 5.11 Å². The van der Waals surface area contributed by atoms with E-state index in [-0.39, 0.29) is 11.3 Å². The van der Waals surface area contributed by atoms with Crippen molar-refractivity contribution in [2.45, 2.75) is 41.0 Å². The molecule has 2 N–H and O–H groups in total. The Hall–Kier alpha value is -1.06. The monoisotopic (exact) mass is 229 g/mol. The summed E-state index contributed by atoms with van der Waals surface area (Å²) in [6, 6.07) is 0. The fourth-order valence-corrected chi connectivity index (χ4v) is 1.16. The Labute approximate surface area is 97.4 Å². The van der Waals surface area contributed by atoms with Gasteiger partial charge in [-0.2, -0.15) is 0 Å². The topological polar surface area (TPSA) is 66.4 Å². The van der Waals surface area contributed by atoms with E-state index in [1.807, 2.05) is 0 Å². The van der Waals surface area contributed by atoms with Crippen LogP contribution in [0.2, 0.25) is 0 Å². The third-order valence-corrected chi connectivity index (χ3v) is 2.73. The molecule has 0 heterocycles. The summed E-state index contributed by atoms with van der Waals surface area (Å²) in [7, 11) is 0. The minimum absolute atomic E-state index is 0.176. The molecule has 4 heteroatoms. The zero-order chi connectivity index (χ0) is 12.9. The van der Waals surface area contributed by atoms with E-state index in [1.165, 1.54) is 0 Å². The SMILES string of the molecule is CC(C(=O)O)C(C)C(=O)NCCC(C)(C)C. The second kappa shape index (κ2) is 5.87. The van der Waals surface area contributed by atoms with Gasteiger partial charge in [-0.15, -0.1) is 0 Å². The van der Waals surface area contributed by atoms with Gasteiger partial charge in [0.2, 0.25) is 5.91 Å². The minimum atomic E-state index is -0.932. The van der Waals surface area contributed by atoms with Crippen molar-refractivity contribution in [3.63, 3.8) is 0 Å². The second-order valence-corrected chi connectivity index (χ2v) is 5.52. The summed E-state index contributed by atoms with van der Waals surface area (Å²) in [5.74, 6) is -2.25. The molecule has 0 aliphatic rings. The fraction of sp³-hybridized carbons (Fsp3) is 0.833. The number of amides is 1. The van der Waals surface area contributed by atoms with Crippen molar-refractivity contribution < 1.29 is 14.7 Å². The number of rotatable bonds is 5. The maximum atomic E-state index is 11.6. The van der Waals surface area contributed by atoms with Gasteiger partial charge in [0.15, 0.2) is 0 Å². The molecular formula is C12H23NO3. The fourth-order valence-electron chi connectivity index (χ4n) is 1.16. The van der Waals surface area contributed by atoms with Crippen LogP contribution in [0.3, 0.4) is 0 Å². The van der Waals surface area contributed by atoms with Gasteiger partial charge < -0.3 is 10.4 Å². The van der Waals surface area contributed by atoms with Crippen LogP contribution in [0.4, 0.5) is 0 Å². The van der Waals surface area contributed by atoms with Crippen LogP contribution in [-0.4, -0.2) is 23.5 Å². The zero-order valence-electron chi connectivity index (χ0n) is 10.8. The Bertz CT molecular complexity index is 255. The van der Waals surface area contributed by atoms with E-state index in [0.29, 0.717) is 6.54 Å². The van der Waals surface area contributed by atoms with E-state index < -0.39 is 17.8 Å². The summed E-state index contributed by atoms with van der Waals surface area (Å²) in [5.41, 5.74) is 0.176. The van der Waals surface area contributed by atoms with Gasteiger partial charge in [0, 0.05) is 12.5 Å². The number of hydrogen-bond acceptors (Lipinski definition) is 2. The van der Waals surface area contributed by atoms with Crippen molar-refractivity contribution in [3.05, 3.63) is 0 Å². The average Bonchev–Trinajstić information content (AvgIpc) is 2.13. The molecule has 0 radical (unpaired) electrons. The average molecular weight is 229 g/mol. The highest BCUT2D eigenvalue weighted by atomic mass is 16.4. The normalized spacial score (nSPS) is 15.3. The Morgan fingerprint density at radius 2 is 1.69 bits per heavy atom. The Kier molecular flexibility index (Phi) is 5.48. The molecule has 16 heavy (non-hydrogen) atoms. The Morgan fingerprint density at radius 3 is 2.06 bits per heavy atom. The van der Waals surface area contributed by atoms with Gasteiger partial charge in [0.05, 0.1) is 5.92 Å². The van der Waals surface area contributed by atoms with Crippen molar-refractivity contribution in [1.29, 1.82) is 0 Å². The van der Waals surface area contributed by atoms with Crippen LogP contribution in [0.5, 0.6) is 0 Å². The molecule has 0 spiro atoms. The first kappa shape index (κ1) is 14.9. The highest BCUT2D eigenvalue weighted by molar-refractivity contribution is 5.84. The molecule has 0 aliphatic carbocycles. The largest absolute Gasteiger partial charge is 0.481 e. The van der Waals surface area contributed by atoms with E-state index in [1.54, 1.807) is 13.8 Å². The van der Waals surface area contributed by atoms with Gasteiger partial charge in [-0.1, -0.05) is 34.6 Å². The van der Waals surface area contributed by atoms with Crippen molar-refractivity contribution in [2.75, 3.05) is 6.54 Å². The van der Waals surface area contributed by atoms with Crippen LogP contribution in [0.1, 0.15) is 41.0 Å². The molecule has 94 valence electrons. The maximum Gasteiger partial charge on any atom is 0.307 e. The second-order valence-electron chi connectivity index (χ2n) is 5.52. The number of nitrogens with one attached hydrogen (secondary N) is 1. The van der Waals surface area contributed by atoms with Gasteiger partial charge >= 0.3 is 5.97 Å². The molecule has 0 aromatic heterocycles. The number of hydrogen-bond donors (Lipinski definition) is 2. The summed E-state index contributed by atoms with van der Waals surface area (Å²) in [5, 5.41) is 11.5. The molecule has 0 rings (SSSR count). The van der Waals surface area contributed by atoms with E-state index in [9.17, 15) is 9.59 Å². The number of aliphatic carboxylic acids is 1. The van der Waals surface area contributed by atoms with Crippen molar-refractivity contribution in [2.24, 2.45) is 17.3 Å². The van der Waals surface area contributed by atoms with E-state index in [2.05, 4.69) is 26.1 Å². The molecule has 0 fully saturated rings. The smallest absolute Gasteiger partial charge is 0.307 e. The minimum Gasteiger partial charge on any atom is -0.481 e. The third kappa shape index (κ3) is 5.73. The lowest BCUT2D eigenvalue weighted by Crippen LogP contribution is -2.36. The Morgan fingerprint density at radius 1 is 1.19 bits per heavy atom. The number of carbonyl (C=O) groups is 2. The molecule has 0 aliphatic heterocycles. The zero-order valence-corrected chi connectivity index (χ0v) is 10.8. The number of carboxylic acid groups (broad SMARTS) is 1. The van der Waals surface area contributed by atoms with Gasteiger partial charge in [0.1, 0.15) is 0 Å². The van der Waals surface area contributed by atoms with Crippen LogP contribution in [0.25, 0.3) is 0 Å². The van der Waals surface area contributed by atoms with E-state index in [0.717, 1.165) is 6.42 Å². The molecule has 2 atom stereocenters. The van der Waals surface area contributed by atoms with Crippen molar-refractivity contribution in [3.8, 4) is 0 Å². The van der Waals surface area contributed by atoms with Crippen LogP contribution >= 0.6 is 0 Å². The predicted octanol–water partition coefficient (Wildman–Crippen LogP) is 1.90. The highest BCUT2D eigenvalue weighted by Crippen LogP contribution is 2.17. The summed E-state index contributed by atoms with van der Waals surface area (Å²) in [4.78, 5) is 22.3. The van der Waals surface area contributed by atoms with Gasteiger partial charge in [0.25, 0.3) is 0 Å². The van der Waals surface area contributed by atoms with Crippen LogP contribution in [-0.2, 0) is 9.59 Å². The van der Waals surface area contributed by atoms with Gasteiger partial charge in [-0.05, 0) is 11.8 Å². The van der Waals surface area contributed by atoms with Crippen molar-refractivity contribution in [1.82, 2.24) is 5.32 Å². The lowest BCUT2D eigenvalue weighted by atomic mass is 9.92. The summed E-state index contributed by atoms with van der Waals surface area (Å²) >= 11 is 0. The summed E-state index contributed by atoms with van der Waals surface area (Å²) in [6.07, 6.45) is 0.882. The molecular weight excluding hydrogens is 206 g/mol. The molecule has 4 nitrogen and oxygen atoms in total. The molecule has 0 saturated carbocycles. The quantitative estimate of drug-likeness (QED) is 0.756.